The smallest absolute Gasteiger partial charge is 0.0948 e. The van der Waals surface area contributed by atoms with Crippen LogP contribution in [0.1, 0.15) is 48.9 Å². The summed E-state index contributed by atoms with van der Waals surface area (Å²) >= 11 is 0. The standard InChI is InChI=1S/C20H29N5/c1-3-8-17(9-4-1)20-18(14-22-23-20)19-15-21-16-25(19)13-7-12-24-10-5-2-6-11-24/h1,3-4,8-9,15-16,18,20,22-23H,2,5-7,10-14H2. The molecule has 2 aliphatic heterocycles. The Bertz CT molecular complexity index is 647. The van der Waals surface area contributed by atoms with Gasteiger partial charge in [0.1, 0.15) is 0 Å². The van der Waals surface area contributed by atoms with Crippen LogP contribution in [0.5, 0.6) is 0 Å². The Labute approximate surface area is 150 Å². The molecule has 134 valence electrons. The van der Waals surface area contributed by atoms with Gasteiger partial charge in [-0.15, -0.1) is 0 Å². The summed E-state index contributed by atoms with van der Waals surface area (Å²) in [6, 6.07) is 11.0. The molecule has 4 rings (SSSR count). The molecule has 2 fully saturated rings. The zero-order valence-electron chi connectivity index (χ0n) is 14.9. The largest absolute Gasteiger partial charge is 0.334 e. The quantitative estimate of drug-likeness (QED) is 0.849. The molecule has 0 radical (unpaired) electrons. The third-order valence-corrected chi connectivity index (χ3v) is 5.59. The lowest BCUT2D eigenvalue weighted by atomic mass is 9.92. The monoisotopic (exact) mass is 339 g/mol. The highest BCUT2D eigenvalue weighted by atomic mass is 15.4. The van der Waals surface area contributed by atoms with E-state index in [-0.39, 0.29) is 0 Å². The summed E-state index contributed by atoms with van der Waals surface area (Å²) in [7, 11) is 0. The Morgan fingerprint density at radius 1 is 1.04 bits per heavy atom. The lowest BCUT2D eigenvalue weighted by Crippen LogP contribution is -2.31. The van der Waals surface area contributed by atoms with Crippen molar-refractivity contribution in [2.75, 3.05) is 26.2 Å². The summed E-state index contributed by atoms with van der Waals surface area (Å²) < 4.78 is 2.36. The fraction of sp³-hybridized carbons (Fsp3) is 0.550. The van der Waals surface area contributed by atoms with Crippen molar-refractivity contribution in [3.63, 3.8) is 0 Å². The number of piperidine rings is 1. The van der Waals surface area contributed by atoms with Gasteiger partial charge in [-0.1, -0.05) is 36.8 Å². The molecule has 25 heavy (non-hydrogen) atoms. The number of likely N-dealkylation sites (tertiary alicyclic amines) is 1. The topological polar surface area (TPSA) is 45.1 Å². The van der Waals surface area contributed by atoms with Crippen molar-refractivity contribution >= 4 is 0 Å². The van der Waals surface area contributed by atoms with Crippen LogP contribution >= 0.6 is 0 Å². The maximum atomic E-state index is 4.45. The van der Waals surface area contributed by atoms with Gasteiger partial charge in [-0.05, 0) is 44.5 Å². The van der Waals surface area contributed by atoms with Crippen molar-refractivity contribution in [1.82, 2.24) is 25.3 Å². The molecule has 2 aliphatic rings. The number of hydrazine groups is 1. The van der Waals surface area contributed by atoms with E-state index in [0.29, 0.717) is 12.0 Å². The summed E-state index contributed by atoms with van der Waals surface area (Å²) in [5.74, 6) is 0.417. The summed E-state index contributed by atoms with van der Waals surface area (Å²) in [6.45, 7) is 5.77. The normalized spacial score (nSPS) is 24.6. The lowest BCUT2D eigenvalue weighted by Gasteiger charge is -2.26. The first kappa shape index (κ1) is 16.8. The Hall–Kier alpha value is -1.69. The summed E-state index contributed by atoms with van der Waals surface area (Å²) in [4.78, 5) is 7.07. The SMILES string of the molecule is c1ccc(C2NNCC2c2cncn2CCCN2CCCCC2)cc1. The van der Waals surface area contributed by atoms with E-state index >= 15 is 0 Å². The maximum absolute atomic E-state index is 4.45. The van der Waals surface area contributed by atoms with Crippen molar-refractivity contribution in [1.29, 1.82) is 0 Å². The second kappa shape index (κ2) is 8.13. The number of hydrogen-bond acceptors (Lipinski definition) is 4. The molecule has 2 aromatic rings. The van der Waals surface area contributed by atoms with E-state index in [1.54, 1.807) is 0 Å². The molecular formula is C20H29N5. The van der Waals surface area contributed by atoms with Crippen LogP contribution < -0.4 is 10.9 Å². The molecule has 2 unspecified atom stereocenters. The highest BCUT2D eigenvalue weighted by molar-refractivity contribution is 5.26. The van der Waals surface area contributed by atoms with Gasteiger partial charge in [0.2, 0.25) is 0 Å². The average molecular weight is 339 g/mol. The van der Waals surface area contributed by atoms with Gasteiger partial charge < -0.3 is 9.47 Å². The average Bonchev–Trinajstić information content (AvgIpc) is 3.32. The predicted molar refractivity (Wildman–Crippen MR) is 100 cm³/mol. The van der Waals surface area contributed by atoms with Crippen molar-refractivity contribution in [3.05, 3.63) is 54.1 Å². The van der Waals surface area contributed by atoms with Crippen LogP contribution in [-0.4, -0.2) is 40.6 Å². The zero-order chi connectivity index (χ0) is 16.9. The number of aromatic nitrogens is 2. The first-order valence-electron chi connectivity index (χ1n) is 9.67. The van der Waals surface area contributed by atoms with E-state index in [2.05, 4.69) is 61.8 Å². The Morgan fingerprint density at radius 2 is 1.88 bits per heavy atom. The molecule has 1 aromatic carbocycles. The molecule has 5 nitrogen and oxygen atoms in total. The Kier molecular flexibility index (Phi) is 5.45. The molecule has 0 bridgehead atoms. The lowest BCUT2D eigenvalue weighted by molar-refractivity contribution is 0.222. The number of rotatable bonds is 6. The molecule has 0 aliphatic carbocycles. The molecule has 5 heteroatoms. The molecular weight excluding hydrogens is 310 g/mol. The molecule has 0 spiro atoms. The van der Waals surface area contributed by atoms with Gasteiger partial charge in [0.05, 0.1) is 12.4 Å². The Balaban J connectivity index is 1.40. The fourth-order valence-corrected chi connectivity index (χ4v) is 4.22. The molecule has 1 aromatic heterocycles. The maximum Gasteiger partial charge on any atom is 0.0948 e. The first-order chi connectivity index (χ1) is 12.4. The van der Waals surface area contributed by atoms with Crippen molar-refractivity contribution < 1.29 is 0 Å². The van der Waals surface area contributed by atoms with Gasteiger partial charge in [-0.3, -0.25) is 5.43 Å². The van der Waals surface area contributed by atoms with Crippen LogP contribution in [-0.2, 0) is 6.54 Å². The van der Waals surface area contributed by atoms with Crippen LogP contribution in [0.25, 0.3) is 0 Å². The second-order valence-electron chi connectivity index (χ2n) is 7.29. The van der Waals surface area contributed by atoms with Crippen LogP contribution in [0, 0.1) is 0 Å². The fourth-order valence-electron chi connectivity index (χ4n) is 4.22. The minimum atomic E-state index is 0.304. The van der Waals surface area contributed by atoms with Gasteiger partial charge in [-0.25, -0.2) is 10.4 Å². The summed E-state index contributed by atoms with van der Waals surface area (Å²) in [5, 5.41) is 0. The van der Waals surface area contributed by atoms with Gasteiger partial charge in [0, 0.05) is 30.9 Å². The van der Waals surface area contributed by atoms with Crippen molar-refractivity contribution in [2.24, 2.45) is 0 Å². The number of hydrogen-bond donors (Lipinski definition) is 2. The van der Waals surface area contributed by atoms with Gasteiger partial charge >= 0.3 is 0 Å². The zero-order valence-corrected chi connectivity index (χ0v) is 14.9. The van der Waals surface area contributed by atoms with E-state index in [1.165, 1.54) is 56.6 Å². The minimum absolute atomic E-state index is 0.304. The number of nitrogens with one attached hydrogen (secondary N) is 2. The number of aryl methyl sites for hydroxylation is 1. The number of nitrogens with zero attached hydrogens (tertiary/aromatic N) is 3. The second-order valence-corrected chi connectivity index (χ2v) is 7.29. The molecule has 2 atom stereocenters. The van der Waals surface area contributed by atoms with Gasteiger partial charge in [-0.2, -0.15) is 0 Å². The van der Waals surface area contributed by atoms with E-state index in [0.717, 1.165) is 13.1 Å². The molecule has 0 saturated carbocycles. The van der Waals surface area contributed by atoms with E-state index in [9.17, 15) is 0 Å². The third kappa shape index (κ3) is 3.94. The van der Waals surface area contributed by atoms with Crippen molar-refractivity contribution in [2.45, 2.75) is 44.2 Å². The van der Waals surface area contributed by atoms with Crippen molar-refractivity contribution in [3.8, 4) is 0 Å². The highest BCUT2D eigenvalue weighted by Crippen LogP contribution is 2.33. The van der Waals surface area contributed by atoms with Crippen LogP contribution in [0.3, 0.4) is 0 Å². The predicted octanol–water partition coefficient (Wildman–Crippen LogP) is 2.69. The molecule has 0 amide bonds. The van der Waals surface area contributed by atoms with Crippen LogP contribution in [0.15, 0.2) is 42.9 Å². The van der Waals surface area contributed by atoms with Crippen LogP contribution in [0.2, 0.25) is 0 Å². The van der Waals surface area contributed by atoms with Gasteiger partial charge in [0.25, 0.3) is 0 Å². The number of benzene rings is 1. The Morgan fingerprint density at radius 3 is 2.72 bits per heavy atom. The minimum Gasteiger partial charge on any atom is -0.334 e. The molecule has 2 saturated heterocycles. The molecule has 3 heterocycles. The van der Waals surface area contributed by atoms with Crippen LogP contribution in [0.4, 0.5) is 0 Å². The highest BCUT2D eigenvalue weighted by Gasteiger charge is 2.31. The van der Waals surface area contributed by atoms with E-state index in [4.69, 9.17) is 0 Å². The van der Waals surface area contributed by atoms with E-state index < -0.39 is 0 Å². The number of imidazole rings is 1. The summed E-state index contributed by atoms with van der Waals surface area (Å²) in [5.41, 5.74) is 9.46. The molecule has 2 N–H and O–H groups in total. The summed E-state index contributed by atoms with van der Waals surface area (Å²) in [6.07, 6.45) is 9.41. The van der Waals surface area contributed by atoms with E-state index in [1.807, 2.05) is 6.33 Å². The first-order valence-corrected chi connectivity index (χ1v) is 9.67. The third-order valence-electron chi connectivity index (χ3n) is 5.59. The van der Waals surface area contributed by atoms with Gasteiger partial charge in [0.15, 0.2) is 0 Å².